The SMILES string of the molecule is CC(C)(C#N)SC(=S)c1ccc(Cl)cc1. The maximum atomic E-state index is 8.88. The van der Waals surface area contributed by atoms with E-state index in [4.69, 9.17) is 29.1 Å². The lowest BCUT2D eigenvalue weighted by molar-refractivity contribution is 0.921. The molecule has 4 heteroatoms. The molecule has 0 atom stereocenters. The summed E-state index contributed by atoms with van der Waals surface area (Å²) in [6.07, 6.45) is 0. The van der Waals surface area contributed by atoms with Gasteiger partial charge in [-0.15, -0.1) is 0 Å². The minimum atomic E-state index is -0.489. The van der Waals surface area contributed by atoms with E-state index in [1.54, 1.807) is 12.1 Å². The molecule has 0 bridgehead atoms. The number of rotatable bonds is 2. The number of hydrogen-bond acceptors (Lipinski definition) is 3. The number of benzene rings is 1. The Kier molecular flexibility index (Phi) is 4.15. The van der Waals surface area contributed by atoms with Crippen LogP contribution in [0.2, 0.25) is 5.02 Å². The average Bonchev–Trinajstić information content (AvgIpc) is 2.18. The van der Waals surface area contributed by atoms with Crippen LogP contribution in [0.4, 0.5) is 0 Å². The van der Waals surface area contributed by atoms with Crippen molar-refractivity contribution >= 4 is 39.8 Å². The van der Waals surface area contributed by atoms with E-state index in [0.717, 1.165) is 9.76 Å². The molecule has 0 aliphatic heterocycles. The molecule has 1 nitrogen and oxygen atoms in total. The normalized spacial score (nSPS) is 10.8. The molecule has 0 amide bonds. The highest BCUT2D eigenvalue weighted by molar-refractivity contribution is 8.24. The number of halogens is 1. The van der Waals surface area contributed by atoms with Gasteiger partial charge in [0.05, 0.1) is 10.3 Å². The number of nitrogens with zero attached hydrogens (tertiary/aromatic N) is 1. The molecule has 0 aliphatic carbocycles. The zero-order valence-electron chi connectivity index (χ0n) is 8.45. The van der Waals surface area contributed by atoms with Gasteiger partial charge in [0.2, 0.25) is 0 Å². The van der Waals surface area contributed by atoms with Crippen LogP contribution in [0.3, 0.4) is 0 Å². The van der Waals surface area contributed by atoms with E-state index >= 15 is 0 Å². The first-order valence-electron chi connectivity index (χ1n) is 4.35. The zero-order chi connectivity index (χ0) is 11.5. The van der Waals surface area contributed by atoms with Gasteiger partial charge in [0, 0.05) is 5.02 Å². The van der Waals surface area contributed by atoms with Crippen molar-refractivity contribution in [2.75, 3.05) is 0 Å². The molecule has 0 saturated carbocycles. The van der Waals surface area contributed by atoms with Crippen LogP contribution in [0, 0.1) is 11.3 Å². The van der Waals surface area contributed by atoms with Crippen molar-refractivity contribution in [3.8, 4) is 6.07 Å². The van der Waals surface area contributed by atoms with Gasteiger partial charge in [-0.1, -0.05) is 47.7 Å². The fourth-order valence-electron chi connectivity index (χ4n) is 0.899. The number of nitriles is 1. The Morgan fingerprint density at radius 2 is 1.93 bits per heavy atom. The van der Waals surface area contributed by atoms with Crippen molar-refractivity contribution in [1.82, 2.24) is 0 Å². The minimum Gasteiger partial charge on any atom is -0.197 e. The highest BCUT2D eigenvalue weighted by atomic mass is 35.5. The second-order valence-electron chi connectivity index (χ2n) is 3.52. The Balaban J connectivity index is 2.79. The van der Waals surface area contributed by atoms with Crippen LogP contribution in [0.1, 0.15) is 19.4 Å². The third kappa shape index (κ3) is 3.83. The molecule has 0 radical (unpaired) electrons. The first kappa shape index (κ1) is 12.5. The molecule has 1 aromatic rings. The smallest absolute Gasteiger partial charge is 0.102 e. The van der Waals surface area contributed by atoms with Crippen LogP contribution in [0.25, 0.3) is 0 Å². The topological polar surface area (TPSA) is 23.8 Å². The van der Waals surface area contributed by atoms with Crippen molar-refractivity contribution in [2.24, 2.45) is 0 Å². The summed E-state index contributed by atoms with van der Waals surface area (Å²) in [4.78, 5) is 0. The molecule has 0 fully saturated rings. The largest absolute Gasteiger partial charge is 0.197 e. The average molecular weight is 256 g/mol. The first-order valence-corrected chi connectivity index (χ1v) is 5.95. The Morgan fingerprint density at radius 1 is 1.40 bits per heavy atom. The highest BCUT2D eigenvalue weighted by Crippen LogP contribution is 2.28. The molecule has 0 spiro atoms. The molecule has 15 heavy (non-hydrogen) atoms. The summed E-state index contributed by atoms with van der Waals surface area (Å²) in [5, 5.41) is 9.57. The second-order valence-corrected chi connectivity index (χ2v) is 6.25. The van der Waals surface area contributed by atoms with Gasteiger partial charge >= 0.3 is 0 Å². The van der Waals surface area contributed by atoms with Gasteiger partial charge in [-0.3, -0.25) is 0 Å². The summed E-state index contributed by atoms with van der Waals surface area (Å²) in [6.45, 7) is 3.69. The molecule has 0 N–H and O–H groups in total. The summed E-state index contributed by atoms with van der Waals surface area (Å²) in [7, 11) is 0. The van der Waals surface area contributed by atoms with Gasteiger partial charge < -0.3 is 0 Å². The number of thioether (sulfide) groups is 1. The lowest BCUT2D eigenvalue weighted by atomic mass is 10.2. The van der Waals surface area contributed by atoms with Gasteiger partial charge in [-0.25, -0.2) is 0 Å². The maximum absolute atomic E-state index is 8.88. The van der Waals surface area contributed by atoms with E-state index in [9.17, 15) is 0 Å². The Labute approximate surface area is 104 Å². The monoisotopic (exact) mass is 255 g/mol. The van der Waals surface area contributed by atoms with E-state index < -0.39 is 4.75 Å². The van der Waals surface area contributed by atoms with E-state index in [2.05, 4.69) is 6.07 Å². The van der Waals surface area contributed by atoms with Crippen molar-refractivity contribution in [1.29, 1.82) is 5.26 Å². The predicted octanol–water partition coefficient (Wildman–Crippen LogP) is 4.05. The summed E-state index contributed by atoms with van der Waals surface area (Å²) in [5.41, 5.74) is 0.933. The van der Waals surface area contributed by atoms with Gasteiger partial charge in [0.15, 0.2) is 0 Å². The first-order chi connectivity index (χ1) is 6.94. The van der Waals surface area contributed by atoms with Crippen LogP contribution in [-0.2, 0) is 0 Å². The quantitative estimate of drug-likeness (QED) is 0.745. The lowest BCUT2D eigenvalue weighted by Gasteiger charge is -2.14. The van der Waals surface area contributed by atoms with Gasteiger partial charge in [-0.2, -0.15) is 5.26 Å². The molecule has 1 rings (SSSR count). The molecule has 1 aromatic carbocycles. The van der Waals surface area contributed by atoms with Crippen molar-refractivity contribution < 1.29 is 0 Å². The second kappa shape index (κ2) is 4.98. The van der Waals surface area contributed by atoms with Crippen molar-refractivity contribution in [3.05, 3.63) is 34.9 Å². The van der Waals surface area contributed by atoms with Crippen molar-refractivity contribution in [2.45, 2.75) is 18.6 Å². The Morgan fingerprint density at radius 3 is 2.40 bits per heavy atom. The highest BCUT2D eigenvalue weighted by Gasteiger charge is 2.20. The van der Waals surface area contributed by atoms with Crippen LogP contribution in [-0.4, -0.2) is 8.94 Å². The van der Waals surface area contributed by atoms with E-state index in [-0.39, 0.29) is 0 Å². The van der Waals surface area contributed by atoms with Crippen LogP contribution < -0.4 is 0 Å². The molecule has 0 aliphatic rings. The lowest BCUT2D eigenvalue weighted by Crippen LogP contribution is -2.13. The van der Waals surface area contributed by atoms with E-state index in [0.29, 0.717) is 5.02 Å². The minimum absolute atomic E-state index is 0.489. The van der Waals surface area contributed by atoms with Gasteiger partial charge in [0.25, 0.3) is 0 Å². The molecular formula is C11H10ClNS2. The number of thiocarbonyl (C=S) groups is 1. The fourth-order valence-corrected chi connectivity index (χ4v) is 2.55. The molecule has 0 heterocycles. The molecule has 0 unspecified atom stereocenters. The number of hydrogen-bond donors (Lipinski definition) is 0. The summed E-state index contributed by atoms with van der Waals surface area (Å²) >= 11 is 12.4. The van der Waals surface area contributed by atoms with Crippen LogP contribution >= 0.6 is 35.6 Å². The summed E-state index contributed by atoms with van der Waals surface area (Å²) in [6, 6.07) is 9.52. The Hall–Kier alpha value is -0.560. The predicted molar refractivity (Wildman–Crippen MR) is 70.4 cm³/mol. The third-order valence-corrected chi connectivity index (χ3v) is 3.46. The molecular weight excluding hydrogens is 246 g/mol. The Bertz CT molecular complexity index is 404. The van der Waals surface area contributed by atoms with E-state index in [1.165, 1.54) is 11.8 Å². The maximum Gasteiger partial charge on any atom is 0.102 e. The van der Waals surface area contributed by atoms with Gasteiger partial charge in [-0.05, 0) is 31.5 Å². The van der Waals surface area contributed by atoms with E-state index in [1.807, 2.05) is 26.0 Å². The van der Waals surface area contributed by atoms with Crippen LogP contribution in [0.15, 0.2) is 24.3 Å². The van der Waals surface area contributed by atoms with Gasteiger partial charge in [0.1, 0.15) is 4.75 Å². The standard InChI is InChI=1S/C11H10ClNS2/c1-11(2,7-13)15-10(14)8-3-5-9(12)6-4-8/h3-6H,1-2H3. The van der Waals surface area contributed by atoms with Crippen LogP contribution in [0.5, 0.6) is 0 Å². The molecule has 0 aromatic heterocycles. The summed E-state index contributed by atoms with van der Waals surface area (Å²) < 4.78 is 0.231. The zero-order valence-corrected chi connectivity index (χ0v) is 10.8. The van der Waals surface area contributed by atoms with Crippen molar-refractivity contribution in [3.63, 3.8) is 0 Å². The molecule has 0 saturated heterocycles. The summed E-state index contributed by atoms with van der Waals surface area (Å²) in [5.74, 6) is 0. The third-order valence-electron chi connectivity index (χ3n) is 1.70. The molecule has 78 valence electrons. The fraction of sp³-hybridized carbons (Fsp3) is 0.273.